The summed E-state index contributed by atoms with van der Waals surface area (Å²) in [4.78, 5) is 36.9. The maximum absolute atomic E-state index is 12.9. The minimum absolute atomic E-state index is 0.0653. The summed E-state index contributed by atoms with van der Waals surface area (Å²) < 4.78 is 5.26. The van der Waals surface area contributed by atoms with Crippen molar-refractivity contribution in [2.45, 2.75) is 33.6 Å². The first-order valence-electron chi connectivity index (χ1n) is 8.78. The molecule has 0 saturated heterocycles. The quantitative estimate of drug-likeness (QED) is 0.615. The van der Waals surface area contributed by atoms with E-state index in [1.165, 1.54) is 18.4 Å². The van der Waals surface area contributed by atoms with Crippen molar-refractivity contribution in [1.29, 1.82) is 0 Å². The van der Waals surface area contributed by atoms with Crippen LogP contribution in [0, 0.1) is 19.8 Å². The third-order valence-corrected chi connectivity index (χ3v) is 5.40. The Morgan fingerprint density at radius 2 is 1.82 bits per heavy atom. The van der Waals surface area contributed by atoms with E-state index in [0.29, 0.717) is 22.0 Å². The minimum atomic E-state index is -0.944. The predicted molar refractivity (Wildman–Crippen MR) is 109 cm³/mol. The van der Waals surface area contributed by atoms with Crippen molar-refractivity contribution >= 4 is 39.8 Å². The normalized spacial score (nSPS) is 11.6. The molecule has 0 saturated carbocycles. The van der Waals surface area contributed by atoms with Gasteiger partial charge in [0.1, 0.15) is 10.8 Å². The second-order valence-electron chi connectivity index (χ2n) is 6.60. The number of thiophene rings is 1. The molecule has 28 heavy (non-hydrogen) atoms. The lowest BCUT2D eigenvalue weighted by atomic mass is 10.0. The number of hydrogen-bond acceptors (Lipinski definition) is 5. The van der Waals surface area contributed by atoms with Crippen molar-refractivity contribution in [3.63, 3.8) is 0 Å². The number of ether oxygens (including phenoxy) is 1. The van der Waals surface area contributed by atoms with Crippen molar-refractivity contribution in [3.05, 3.63) is 40.3 Å². The molecule has 1 aromatic heterocycles. The molecule has 0 aliphatic carbocycles. The van der Waals surface area contributed by atoms with E-state index in [2.05, 4.69) is 10.6 Å². The molecule has 2 rings (SSSR count). The van der Waals surface area contributed by atoms with Crippen LogP contribution < -0.4 is 15.4 Å². The Labute approximate surface area is 167 Å². The van der Waals surface area contributed by atoms with Crippen molar-refractivity contribution in [1.82, 2.24) is 0 Å². The highest BCUT2D eigenvalue weighted by Gasteiger charge is 2.23. The van der Waals surface area contributed by atoms with Gasteiger partial charge in [0.2, 0.25) is 5.91 Å². The number of rotatable bonds is 8. The molecule has 2 amide bonds. The van der Waals surface area contributed by atoms with Crippen LogP contribution >= 0.6 is 11.3 Å². The van der Waals surface area contributed by atoms with Crippen LogP contribution in [0.25, 0.3) is 0 Å². The molecule has 0 radical (unpaired) electrons. The lowest BCUT2D eigenvalue weighted by Gasteiger charge is -2.12. The van der Waals surface area contributed by atoms with Gasteiger partial charge >= 0.3 is 5.97 Å². The Balaban J connectivity index is 2.20. The lowest BCUT2D eigenvalue weighted by Crippen LogP contribution is -2.19. The number of carboxylic acids is 1. The average Bonchev–Trinajstić information content (AvgIpc) is 2.88. The van der Waals surface area contributed by atoms with Gasteiger partial charge in [-0.2, -0.15) is 0 Å². The Bertz CT molecular complexity index is 891. The van der Waals surface area contributed by atoms with Crippen molar-refractivity contribution in [2.24, 2.45) is 5.92 Å². The molecule has 1 heterocycles. The summed E-state index contributed by atoms with van der Waals surface area (Å²) in [7, 11) is 1.52. The fourth-order valence-electron chi connectivity index (χ4n) is 2.79. The number of hydrogen-bond donors (Lipinski definition) is 3. The fourth-order valence-corrected chi connectivity index (χ4v) is 3.86. The molecule has 0 aliphatic rings. The van der Waals surface area contributed by atoms with Crippen LogP contribution in [-0.4, -0.2) is 30.0 Å². The van der Waals surface area contributed by atoms with Crippen molar-refractivity contribution < 1.29 is 24.2 Å². The number of anilines is 2. The summed E-state index contributed by atoms with van der Waals surface area (Å²) in [6.07, 6.45) is -0.0209. The predicted octanol–water partition coefficient (Wildman–Crippen LogP) is 4.07. The molecule has 0 unspecified atom stereocenters. The molecule has 150 valence electrons. The van der Waals surface area contributed by atoms with E-state index in [4.69, 9.17) is 9.84 Å². The molecule has 3 N–H and O–H groups in total. The van der Waals surface area contributed by atoms with Crippen LogP contribution in [0.15, 0.2) is 24.3 Å². The second-order valence-corrected chi connectivity index (χ2v) is 7.82. The number of benzene rings is 1. The molecule has 0 aliphatic heterocycles. The van der Waals surface area contributed by atoms with Gasteiger partial charge < -0.3 is 20.5 Å². The average molecular weight is 404 g/mol. The van der Waals surface area contributed by atoms with Crippen molar-refractivity contribution in [2.75, 3.05) is 17.7 Å². The molecule has 0 fully saturated rings. The maximum Gasteiger partial charge on any atom is 0.303 e. The molecule has 7 nitrogen and oxygen atoms in total. The topological polar surface area (TPSA) is 105 Å². The third-order valence-electron chi connectivity index (χ3n) is 4.28. The van der Waals surface area contributed by atoms with Crippen LogP contribution in [0.2, 0.25) is 0 Å². The molecular weight excluding hydrogens is 380 g/mol. The zero-order valence-corrected chi connectivity index (χ0v) is 17.1. The van der Waals surface area contributed by atoms with E-state index < -0.39 is 5.97 Å². The Morgan fingerprint density at radius 3 is 2.46 bits per heavy atom. The zero-order valence-electron chi connectivity index (χ0n) is 16.3. The van der Waals surface area contributed by atoms with Gasteiger partial charge in [-0.15, -0.1) is 11.3 Å². The first-order chi connectivity index (χ1) is 13.2. The maximum atomic E-state index is 12.9. The van der Waals surface area contributed by atoms with E-state index in [9.17, 15) is 14.4 Å². The van der Waals surface area contributed by atoms with Crippen LogP contribution in [0.1, 0.15) is 40.6 Å². The van der Waals surface area contributed by atoms with E-state index in [0.717, 1.165) is 10.4 Å². The van der Waals surface area contributed by atoms with Gasteiger partial charge in [0.05, 0.1) is 18.4 Å². The summed E-state index contributed by atoms with van der Waals surface area (Å²) in [5.74, 6) is -1.37. The Kier molecular flexibility index (Phi) is 7.17. The summed E-state index contributed by atoms with van der Waals surface area (Å²) in [6.45, 7) is 5.40. The number of carboxylic acid groups (broad SMARTS) is 1. The highest BCUT2D eigenvalue weighted by atomic mass is 32.1. The molecule has 8 heteroatoms. The highest BCUT2D eigenvalue weighted by Crippen LogP contribution is 2.34. The van der Waals surface area contributed by atoms with Gasteiger partial charge in [-0.1, -0.05) is 19.1 Å². The lowest BCUT2D eigenvalue weighted by molar-refractivity contribution is -0.138. The Hall–Kier alpha value is -2.87. The zero-order chi connectivity index (χ0) is 20.8. The Morgan fingerprint density at radius 1 is 1.14 bits per heavy atom. The van der Waals surface area contributed by atoms with E-state index in [1.807, 2.05) is 13.8 Å². The van der Waals surface area contributed by atoms with Gasteiger partial charge in [-0.25, -0.2) is 0 Å². The number of amides is 2. The minimum Gasteiger partial charge on any atom is -0.495 e. The number of nitrogens with one attached hydrogen (secondary N) is 2. The second kappa shape index (κ2) is 9.36. The number of aliphatic carboxylic acids is 1. The van der Waals surface area contributed by atoms with Gasteiger partial charge in [-0.05, 0) is 37.5 Å². The van der Waals surface area contributed by atoms with Crippen LogP contribution in [0.4, 0.5) is 10.7 Å². The largest absolute Gasteiger partial charge is 0.495 e. The number of carbonyl (C=O) groups excluding carboxylic acids is 2. The standard InChI is InChI=1S/C20H24N2O5S/c1-11(10-17(24)25)9-16(23)22-20-18(12(2)13(3)28-20)19(26)21-14-7-5-6-8-15(14)27-4/h5-8,11H,9-10H2,1-4H3,(H,21,26)(H,22,23)(H,24,25)/t11-/m0/s1. The van der Waals surface area contributed by atoms with E-state index in [1.54, 1.807) is 31.2 Å². The summed E-state index contributed by atoms with van der Waals surface area (Å²) >= 11 is 1.32. The van der Waals surface area contributed by atoms with Gasteiger partial charge in [0.15, 0.2) is 0 Å². The van der Waals surface area contributed by atoms with E-state index in [-0.39, 0.29) is 30.6 Å². The molecule has 1 atom stereocenters. The fraction of sp³-hybridized carbons (Fsp3) is 0.350. The van der Waals surface area contributed by atoms with E-state index >= 15 is 0 Å². The monoisotopic (exact) mass is 404 g/mol. The van der Waals surface area contributed by atoms with Crippen LogP contribution in [-0.2, 0) is 9.59 Å². The summed E-state index contributed by atoms with van der Waals surface area (Å²) in [6, 6.07) is 7.07. The first kappa shape index (κ1) is 21.4. The SMILES string of the molecule is COc1ccccc1NC(=O)c1c(NC(=O)C[C@H](C)CC(=O)O)sc(C)c1C. The number of para-hydroxylation sites is 2. The number of methoxy groups -OCH3 is 1. The first-order valence-corrected chi connectivity index (χ1v) is 9.60. The summed E-state index contributed by atoms with van der Waals surface area (Å²) in [5, 5.41) is 14.9. The molecule has 2 aromatic rings. The highest BCUT2D eigenvalue weighted by molar-refractivity contribution is 7.16. The van der Waals surface area contributed by atoms with Gasteiger partial charge in [0, 0.05) is 17.7 Å². The van der Waals surface area contributed by atoms with Gasteiger partial charge in [0.25, 0.3) is 5.91 Å². The van der Waals surface area contributed by atoms with Crippen LogP contribution in [0.5, 0.6) is 5.75 Å². The van der Waals surface area contributed by atoms with Crippen molar-refractivity contribution in [3.8, 4) is 5.75 Å². The molecule has 0 bridgehead atoms. The van der Waals surface area contributed by atoms with Crippen LogP contribution in [0.3, 0.4) is 0 Å². The third kappa shape index (κ3) is 5.32. The number of carbonyl (C=O) groups is 3. The number of aryl methyl sites for hydroxylation is 1. The van der Waals surface area contributed by atoms with Gasteiger partial charge in [-0.3, -0.25) is 14.4 Å². The molecular formula is C20H24N2O5S. The molecule has 0 spiro atoms. The molecule has 1 aromatic carbocycles. The summed E-state index contributed by atoms with van der Waals surface area (Å²) in [5.41, 5.74) is 1.71. The smallest absolute Gasteiger partial charge is 0.303 e.